The first kappa shape index (κ1) is 17.0. The van der Waals surface area contributed by atoms with Crippen molar-refractivity contribution in [3.63, 3.8) is 0 Å². The highest BCUT2D eigenvalue weighted by molar-refractivity contribution is 14.1. The lowest BCUT2D eigenvalue weighted by Gasteiger charge is -2.30. The molecule has 0 unspecified atom stereocenters. The van der Waals surface area contributed by atoms with Gasteiger partial charge in [-0.15, -0.1) is 0 Å². The molecule has 2 aliphatic rings. The first-order valence-corrected chi connectivity index (χ1v) is 9.83. The molecule has 4 heterocycles. The molecule has 0 spiro atoms. The van der Waals surface area contributed by atoms with Gasteiger partial charge in [-0.2, -0.15) is 9.97 Å². The summed E-state index contributed by atoms with van der Waals surface area (Å²) in [7, 11) is 0. The Labute approximate surface area is 164 Å². The lowest BCUT2D eigenvalue weighted by Crippen LogP contribution is -2.43. The molecule has 24 heavy (non-hydrogen) atoms. The maximum atomic E-state index is 14.3. The molecule has 128 valence electrons. The Hall–Kier alpha value is -0.430. The van der Waals surface area contributed by atoms with Crippen LogP contribution >= 0.6 is 45.2 Å². The van der Waals surface area contributed by atoms with E-state index in [0.29, 0.717) is 28.7 Å². The van der Waals surface area contributed by atoms with Crippen LogP contribution in [0.5, 0.6) is 6.01 Å². The molecule has 0 radical (unpaired) electrons. The van der Waals surface area contributed by atoms with Crippen LogP contribution in [0.4, 0.5) is 8.78 Å². The van der Waals surface area contributed by atoms with E-state index in [-0.39, 0.29) is 20.8 Å². The van der Waals surface area contributed by atoms with Crippen LogP contribution in [0.3, 0.4) is 0 Å². The van der Waals surface area contributed by atoms with Crippen molar-refractivity contribution in [3.05, 3.63) is 19.4 Å². The van der Waals surface area contributed by atoms with Crippen molar-refractivity contribution in [2.24, 2.45) is 0 Å². The Kier molecular flexibility index (Phi) is 4.52. The van der Waals surface area contributed by atoms with Crippen LogP contribution in [-0.2, 0) is 0 Å². The number of nitrogens with zero attached hydrogens (tertiary/aromatic N) is 4. The maximum Gasteiger partial charge on any atom is 0.318 e. The van der Waals surface area contributed by atoms with E-state index < -0.39 is 12.0 Å². The minimum atomic E-state index is -0.809. The summed E-state index contributed by atoms with van der Waals surface area (Å²) in [4.78, 5) is 14.7. The third-order valence-corrected chi connectivity index (χ3v) is 6.38. The van der Waals surface area contributed by atoms with Crippen molar-refractivity contribution in [2.75, 3.05) is 19.7 Å². The summed E-state index contributed by atoms with van der Waals surface area (Å²) in [5, 5.41) is 0.561. The molecule has 2 aromatic heterocycles. The number of fused-ring (bicyclic) bond motifs is 2. The zero-order chi connectivity index (χ0) is 16.9. The molecule has 0 saturated carbocycles. The van der Waals surface area contributed by atoms with Gasteiger partial charge in [0.1, 0.15) is 25.7 Å². The van der Waals surface area contributed by atoms with Crippen LogP contribution in [0.2, 0.25) is 0 Å². The van der Waals surface area contributed by atoms with E-state index in [1.54, 1.807) is 6.20 Å². The Morgan fingerprint density at radius 1 is 1.33 bits per heavy atom. The van der Waals surface area contributed by atoms with Gasteiger partial charge in [0.05, 0.1) is 10.9 Å². The van der Waals surface area contributed by atoms with Crippen molar-refractivity contribution in [3.8, 4) is 6.01 Å². The fourth-order valence-electron chi connectivity index (χ4n) is 3.69. The largest absolute Gasteiger partial charge is 0.461 e. The number of pyridine rings is 1. The van der Waals surface area contributed by atoms with E-state index in [2.05, 4.69) is 19.9 Å². The average Bonchev–Trinajstić information content (AvgIpc) is 3.05. The zero-order valence-corrected chi connectivity index (χ0v) is 16.9. The number of halogens is 4. The molecule has 2 aromatic rings. The third-order valence-electron chi connectivity index (χ3n) is 4.81. The lowest BCUT2D eigenvalue weighted by atomic mass is 9.95. The normalized spacial score (nSPS) is 26.9. The zero-order valence-electron chi connectivity index (χ0n) is 12.6. The topological polar surface area (TPSA) is 51.1 Å². The first-order valence-electron chi connectivity index (χ1n) is 7.68. The fraction of sp³-hybridized carbons (Fsp3) is 0.533. The number of hydrogen-bond donors (Lipinski definition) is 0. The highest BCUT2D eigenvalue weighted by Gasteiger charge is 2.49. The van der Waals surface area contributed by atoms with Crippen molar-refractivity contribution < 1.29 is 13.5 Å². The molecule has 2 fully saturated rings. The quantitative estimate of drug-likeness (QED) is 0.329. The van der Waals surface area contributed by atoms with E-state index in [9.17, 15) is 8.78 Å². The van der Waals surface area contributed by atoms with Crippen LogP contribution in [-0.4, -0.2) is 51.3 Å². The fourth-order valence-corrected chi connectivity index (χ4v) is 4.69. The molecule has 2 saturated heterocycles. The van der Waals surface area contributed by atoms with Crippen LogP contribution in [0.15, 0.2) is 6.20 Å². The predicted molar refractivity (Wildman–Crippen MR) is 101 cm³/mol. The summed E-state index contributed by atoms with van der Waals surface area (Å²) < 4.78 is 34.7. The minimum Gasteiger partial charge on any atom is -0.461 e. The summed E-state index contributed by atoms with van der Waals surface area (Å²) >= 11 is 3.85. The smallest absolute Gasteiger partial charge is 0.318 e. The van der Waals surface area contributed by atoms with Crippen molar-refractivity contribution >= 4 is 56.1 Å². The summed E-state index contributed by atoms with van der Waals surface area (Å²) in [5.41, 5.74) is -0.0617. The highest BCUT2D eigenvalue weighted by Crippen LogP contribution is 2.40. The number of hydrogen-bond acceptors (Lipinski definition) is 5. The van der Waals surface area contributed by atoms with Crippen LogP contribution in [0.25, 0.3) is 10.9 Å². The number of aromatic nitrogens is 3. The Balaban J connectivity index is 1.62. The van der Waals surface area contributed by atoms with Gasteiger partial charge in [-0.1, -0.05) is 0 Å². The minimum absolute atomic E-state index is 0.135. The Bertz CT molecular complexity index is 809. The Morgan fingerprint density at radius 3 is 3.00 bits per heavy atom. The maximum absolute atomic E-state index is 14.3. The molecule has 9 heteroatoms. The van der Waals surface area contributed by atoms with Gasteiger partial charge in [0.25, 0.3) is 0 Å². The molecular weight excluding hydrogens is 544 g/mol. The van der Waals surface area contributed by atoms with Gasteiger partial charge >= 0.3 is 6.01 Å². The second-order valence-electron chi connectivity index (χ2n) is 6.29. The van der Waals surface area contributed by atoms with Gasteiger partial charge in [0.2, 0.25) is 0 Å². The molecule has 0 N–H and O–H groups in total. The molecule has 0 bridgehead atoms. The lowest BCUT2D eigenvalue weighted by molar-refractivity contribution is 0.107. The number of ether oxygens (including phenoxy) is 1. The SMILES string of the molecule is Fc1c(I)ncc2c(I)nc(OC[C@@]34CCCN3C[C@H](F)C4)nc12. The molecule has 0 aromatic carbocycles. The van der Waals surface area contributed by atoms with Gasteiger partial charge in [-0.25, -0.2) is 13.8 Å². The van der Waals surface area contributed by atoms with Gasteiger partial charge in [0.15, 0.2) is 5.82 Å². The molecule has 0 aliphatic carbocycles. The van der Waals surface area contributed by atoms with E-state index in [1.165, 1.54) is 0 Å². The predicted octanol–water partition coefficient (Wildman–Crippen LogP) is 3.33. The van der Waals surface area contributed by atoms with Crippen molar-refractivity contribution in [1.29, 1.82) is 0 Å². The van der Waals surface area contributed by atoms with Crippen LogP contribution in [0, 0.1) is 13.2 Å². The van der Waals surface area contributed by atoms with E-state index in [1.807, 2.05) is 45.2 Å². The summed E-state index contributed by atoms with van der Waals surface area (Å²) in [5.74, 6) is -0.469. The van der Waals surface area contributed by atoms with Gasteiger partial charge in [0, 0.05) is 19.2 Å². The molecule has 4 rings (SSSR count). The Morgan fingerprint density at radius 2 is 2.17 bits per heavy atom. The standard InChI is InChI=1S/C15H14F2I2N4O/c16-8-4-15(2-1-3-23(15)6-8)7-24-14-21-11-9(12(18)22-14)5-20-13(19)10(11)17/h5,8H,1-4,6-7H2/t8-,15+/m1/s1. The second-order valence-corrected chi connectivity index (χ2v) is 8.33. The van der Waals surface area contributed by atoms with E-state index in [0.717, 1.165) is 19.4 Å². The third kappa shape index (κ3) is 2.85. The molecule has 5 nitrogen and oxygen atoms in total. The monoisotopic (exact) mass is 558 g/mol. The number of rotatable bonds is 3. The molecule has 2 atom stereocenters. The first-order chi connectivity index (χ1) is 11.5. The highest BCUT2D eigenvalue weighted by atomic mass is 127. The molecule has 0 amide bonds. The average molecular weight is 558 g/mol. The van der Waals surface area contributed by atoms with Crippen LogP contribution in [0.1, 0.15) is 19.3 Å². The van der Waals surface area contributed by atoms with Gasteiger partial charge in [-0.05, 0) is 64.6 Å². The van der Waals surface area contributed by atoms with Crippen molar-refractivity contribution in [2.45, 2.75) is 31.0 Å². The summed E-state index contributed by atoms with van der Waals surface area (Å²) in [6.45, 7) is 1.70. The second kappa shape index (κ2) is 6.38. The van der Waals surface area contributed by atoms with Crippen molar-refractivity contribution in [1.82, 2.24) is 19.9 Å². The number of alkyl halides is 1. The van der Waals surface area contributed by atoms with E-state index in [4.69, 9.17) is 4.74 Å². The summed E-state index contributed by atoms with van der Waals surface area (Å²) in [6.07, 6.45) is 3.19. The van der Waals surface area contributed by atoms with Gasteiger partial charge < -0.3 is 4.74 Å². The van der Waals surface area contributed by atoms with E-state index >= 15 is 0 Å². The van der Waals surface area contributed by atoms with Crippen LogP contribution < -0.4 is 4.74 Å². The molecule has 2 aliphatic heterocycles. The molecular formula is C15H14F2I2N4O. The summed E-state index contributed by atoms with van der Waals surface area (Å²) in [6, 6.07) is 0.135. The van der Waals surface area contributed by atoms with Gasteiger partial charge in [-0.3, -0.25) is 4.90 Å².